The van der Waals surface area contributed by atoms with Crippen LogP contribution in [0.2, 0.25) is 5.02 Å². The maximum absolute atomic E-state index is 13.6. The highest BCUT2D eigenvalue weighted by Gasteiger charge is 2.48. The first-order chi connectivity index (χ1) is 9.65. The molecule has 1 saturated carbocycles. The quantitative estimate of drug-likeness (QED) is 0.793. The molecule has 1 aromatic rings. The molecule has 0 aromatic heterocycles. The first-order valence-corrected chi connectivity index (χ1v) is 7.61. The molecule has 1 N–H and O–H groups in total. The van der Waals surface area contributed by atoms with Gasteiger partial charge in [0, 0.05) is 12.1 Å². The third-order valence-corrected chi connectivity index (χ3v) is 5.25. The van der Waals surface area contributed by atoms with Gasteiger partial charge in [0.1, 0.15) is 11.9 Å². The summed E-state index contributed by atoms with van der Waals surface area (Å²) in [5, 5.41) is 2.95. The second kappa shape index (κ2) is 4.35. The molecule has 5 heteroatoms. The van der Waals surface area contributed by atoms with E-state index in [-0.39, 0.29) is 17.0 Å². The van der Waals surface area contributed by atoms with Crippen LogP contribution < -0.4 is 10.2 Å². The van der Waals surface area contributed by atoms with E-state index in [4.69, 9.17) is 11.6 Å². The van der Waals surface area contributed by atoms with E-state index in [2.05, 4.69) is 10.2 Å². The van der Waals surface area contributed by atoms with Crippen molar-refractivity contribution < 1.29 is 9.18 Å². The predicted molar refractivity (Wildman–Crippen MR) is 76.7 cm³/mol. The van der Waals surface area contributed by atoms with E-state index in [1.54, 1.807) is 6.07 Å². The van der Waals surface area contributed by atoms with Crippen LogP contribution in [0.5, 0.6) is 0 Å². The number of hydrogen-bond donors (Lipinski definition) is 1. The summed E-state index contributed by atoms with van der Waals surface area (Å²) in [6.45, 7) is 0. The van der Waals surface area contributed by atoms with Gasteiger partial charge in [-0.05, 0) is 31.2 Å². The van der Waals surface area contributed by atoms with Crippen LogP contribution in [0.15, 0.2) is 12.1 Å². The number of benzene rings is 1. The van der Waals surface area contributed by atoms with E-state index in [0.29, 0.717) is 17.6 Å². The van der Waals surface area contributed by atoms with Crippen molar-refractivity contribution in [2.45, 2.75) is 44.2 Å². The monoisotopic (exact) mass is 294 g/mol. The zero-order valence-electron chi connectivity index (χ0n) is 11.0. The van der Waals surface area contributed by atoms with Gasteiger partial charge in [-0.2, -0.15) is 0 Å². The molecule has 1 amide bonds. The van der Waals surface area contributed by atoms with Gasteiger partial charge in [-0.3, -0.25) is 4.79 Å². The SMILES string of the molecule is O=C1Nc2cc(F)c(Cl)cc2N2C1CC1CCCCC12. The minimum Gasteiger partial charge on any atom is -0.354 e. The number of halogens is 2. The topological polar surface area (TPSA) is 32.3 Å². The molecular weight excluding hydrogens is 279 g/mol. The highest BCUT2D eigenvalue weighted by atomic mass is 35.5. The highest BCUT2D eigenvalue weighted by Crippen LogP contribution is 2.47. The normalized spacial score (nSPS) is 31.4. The first-order valence-electron chi connectivity index (χ1n) is 7.23. The molecule has 1 aromatic carbocycles. The lowest BCUT2D eigenvalue weighted by molar-refractivity contribution is -0.117. The third kappa shape index (κ3) is 1.67. The Balaban J connectivity index is 1.83. The van der Waals surface area contributed by atoms with Crippen molar-refractivity contribution in [3.8, 4) is 0 Å². The average Bonchev–Trinajstić information content (AvgIpc) is 2.82. The Bertz CT molecular complexity index is 591. The number of nitrogens with zero attached hydrogens (tertiary/aromatic N) is 1. The molecule has 0 bridgehead atoms. The second-order valence-electron chi connectivity index (χ2n) is 6.04. The summed E-state index contributed by atoms with van der Waals surface area (Å²) in [5.41, 5.74) is 1.44. The van der Waals surface area contributed by atoms with Crippen molar-refractivity contribution >= 4 is 28.9 Å². The number of carbonyl (C=O) groups is 1. The summed E-state index contributed by atoms with van der Waals surface area (Å²) >= 11 is 5.93. The van der Waals surface area contributed by atoms with Gasteiger partial charge in [-0.1, -0.05) is 24.4 Å². The standard InChI is InChI=1S/C15H16ClFN2O/c16-9-6-13-11(7-10(9)17)18-15(20)14-5-8-3-1-2-4-12(8)19(13)14/h6-8,12,14H,1-5H2,(H,18,20). The Hall–Kier alpha value is -1.29. The van der Waals surface area contributed by atoms with E-state index >= 15 is 0 Å². The van der Waals surface area contributed by atoms with Gasteiger partial charge in [0.05, 0.1) is 16.4 Å². The van der Waals surface area contributed by atoms with Gasteiger partial charge in [0.15, 0.2) is 0 Å². The molecule has 3 atom stereocenters. The smallest absolute Gasteiger partial charge is 0.247 e. The number of amides is 1. The van der Waals surface area contributed by atoms with Gasteiger partial charge < -0.3 is 10.2 Å². The third-order valence-electron chi connectivity index (χ3n) is 4.97. The molecule has 3 aliphatic rings. The van der Waals surface area contributed by atoms with Crippen molar-refractivity contribution in [1.82, 2.24) is 0 Å². The molecule has 3 nitrogen and oxygen atoms in total. The zero-order chi connectivity index (χ0) is 13.9. The Morgan fingerprint density at radius 2 is 2.10 bits per heavy atom. The van der Waals surface area contributed by atoms with Crippen molar-refractivity contribution in [1.29, 1.82) is 0 Å². The molecule has 0 spiro atoms. The number of anilines is 2. The lowest BCUT2D eigenvalue weighted by Crippen LogP contribution is -2.48. The van der Waals surface area contributed by atoms with Crippen LogP contribution >= 0.6 is 11.6 Å². The molecule has 1 saturated heterocycles. The first kappa shape index (κ1) is 12.5. The minimum absolute atomic E-state index is 0.00591. The molecule has 2 fully saturated rings. The Morgan fingerprint density at radius 1 is 1.30 bits per heavy atom. The minimum atomic E-state index is -0.483. The van der Waals surface area contributed by atoms with Gasteiger partial charge >= 0.3 is 0 Å². The number of nitrogens with one attached hydrogen (secondary N) is 1. The Kier molecular flexibility index (Phi) is 2.71. The molecule has 1 aliphatic carbocycles. The lowest BCUT2D eigenvalue weighted by Gasteiger charge is -2.39. The Labute approximate surface area is 122 Å². The van der Waals surface area contributed by atoms with Crippen LogP contribution in [-0.4, -0.2) is 18.0 Å². The van der Waals surface area contributed by atoms with Gasteiger partial charge in [0.2, 0.25) is 5.91 Å². The van der Waals surface area contributed by atoms with Crippen LogP contribution in [0.4, 0.5) is 15.8 Å². The molecule has 2 heterocycles. The van der Waals surface area contributed by atoms with Crippen molar-refractivity contribution in [3.05, 3.63) is 23.0 Å². The van der Waals surface area contributed by atoms with E-state index in [1.165, 1.54) is 25.3 Å². The number of carbonyl (C=O) groups excluding carboxylic acids is 1. The fourth-order valence-corrected chi connectivity index (χ4v) is 4.26. The fraction of sp³-hybridized carbons (Fsp3) is 0.533. The van der Waals surface area contributed by atoms with E-state index < -0.39 is 5.82 Å². The number of fused-ring (bicyclic) bond motifs is 5. The maximum Gasteiger partial charge on any atom is 0.247 e. The second-order valence-corrected chi connectivity index (χ2v) is 6.45. The van der Waals surface area contributed by atoms with Crippen molar-refractivity contribution in [2.75, 3.05) is 10.2 Å². The predicted octanol–water partition coefficient (Wildman–Crippen LogP) is 3.57. The van der Waals surface area contributed by atoms with Crippen LogP contribution in [0, 0.1) is 11.7 Å². The highest BCUT2D eigenvalue weighted by molar-refractivity contribution is 6.31. The largest absolute Gasteiger partial charge is 0.354 e. The zero-order valence-corrected chi connectivity index (χ0v) is 11.8. The van der Waals surface area contributed by atoms with E-state index in [9.17, 15) is 9.18 Å². The molecular formula is C15H16ClFN2O. The maximum atomic E-state index is 13.6. The van der Waals surface area contributed by atoms with Gasteiger partial charge in [0.25, 0.3) is 0 Å². The molecule has 106 valence electrons. The Morgan fingerprint density at radius 3 is 2.95 bits per heavy atom. The van der Waals surface area contributed by atoms with Gasteiger partial charge in [-0.25, -0.2) is 4.39 Å². The summed E-state index contributed by atoms with van der Waals surface area (Å²) in [6, 6.07) is 3.29. The molecule has 2 aliphatic heterocycles. The molecule has 3 unspecified atom stereocenters. The van der Waals surface area contributed by atoms with Crippen molar-refractivity contribution in [2.24, 2.45) is 5.92 Å². The van der Waals surface area contributed by atoms with E-state index in [0.717, 1.165) is 18.5 Å². The van der Waals surface area contributed by atoms with Gasteiger partial charge in [-0.15, -0.1) is 0 Å². The summed E-state index contributed by atoms with van der Waals surface area (Å²) in [5.74, 6) is 0.0893. The summed E-state index contributed by atoms with van der Waals surface area (Å²) in [6.07, 6.45) is 5.67. The number of rotatable bonds is 0. The van der Waals surface area contributed by atoms with Crippen molar-refractivity contribution in [3.63, 3.8) is 0 Å². The molecule has 0 radical (unpaired) electrons. The summed E-state index contributed by atoms with van der Waals surface area (Å²) in [4.78, 5) is 14.5. The summed E-state index contributed by atoms with van der Waals surface area (Å²) < 4.78 is 13.6. The number of hydrogen-bond acceptors (Lipinski definition) is 2. The van der Waals surface area contributed by atoms with Crippen LogP contribution in [0.3, 0.4) is 0 Å². The molecule has 20 heavy (non-hydrogen) atoms. The van der Waals surface area contributed by atoms with Crippen LogP contribution in [-0.2, 0) is 4.79 Å². The molecule has 4 rings (SSSR count). The average molecular weight is 295 g/mol. The van der Waals surface area contributed by atoms with E-state index in [1.807, 2.05) is 0 Å². The van der Waals surface area contributed by atoms with Crippen LogP contribution in [0.25, 0.3) is 0 Å². The lowest BCUT2D eigenvalue weighted by atomic mass is 9.84. The summed E-state index contributed by atoms with van der Waals surface area (Å²) in [7, 11) is 0. The van der Waals surface area contributed by atoms with Crippen LogP contribution in [0.1, 0.15) is 32.1 Å². The fourth-order valence-electron chi connectivity index (χ4n) is 4.11.